The molecular weight excluding hydrogens is 410 g/mol. The van der Waals surface area contributed by atoms with Gasteiger partial charge in [-0.2, -0.15) is 0 Å². The maximum Gasteiger partial charge on any atom is 0.261 e. The van der Waals surface area contributed by atoms with E-state index >= 15 is 0 Å². The van der Waals surface area contributed by atoms with E-state index in [2.05, 4.69) is 24.3 Å². The molecule has 4 heteroatoms. The minimum Gasteiger partial charge on any atom is -0.356 e. The average molecular weight is 434 g/mol. The lowest BCUT2D eigenvalue weighted by Crippen LogP contribution is -2.41. The lowest BCUT2D eigenvalue weighted by atomic mass is 9.86. The molecular formula is C29H23NO3. The van der Waals surface area contributed by atoms with Gasteiger partial charge in [-0.1, -0.05) is 84.9 Å². The summed E-state index contributed by atoms with van der Waals surface area (Å²) in [7, 11) is 0. The van der Waals surface area contributed by atoms with Crippen molar-refractivity contribution >= 4 is 22.6 Å². The summed E-state index contributed by atoms with van der Waals surface area (Å²) >= 11 is 0. The molecule has 0 aliphatic carbocycles. The summed E-state index contributed by atoms with van der Waals surface area (Å²) < 4.78 is 6.33. The van der Waals surface area contributed by atoms with Gasteiger partial charge in [0, 0.05) is 23.1 Å². The zero-order chi connectivity index (χ0) is 22.4. The quantitative estimate of drug-likeness (QED) is 0.296. The van der Waals surface area contributed by atoms with Crippen molar-refractivity contribution in [3.05, 3.63) is 119 Å². The van der Waals surface area contributed by atoms with Crippen LogP contribution in [0.5, 0.6) is 0 Å². The molecule has 2 amide bonds. The fourth-order valence-corrected chi connectivity index (χ4v) is 5.22. The van der Waals surface area contributed by atoms with Crippen molar-refractivity contribution in [2.75, 3.05) is 6.54 Å². The van der Waals surface area contributed by atoms with Gasteiger partial charge < -0.3 is 4.74 Å². The van der Waals surface area contributed by atoms with Crippen LogP contribution in [0.1, 0.15) is 44.7 Å². The number of ether oxygens (including phenoxy) is 1. The molecule has 162 valence electrons. The Morgan fingerprint density at radius 1 is 0.697 bits per heavy atom. The number of imide groups is 1. The molecule has 4 aromatic carbocycles. The van der Waals surface area contributed by atoms with Crippen LogP contribution in [0.15, 0.2) is 97.1 Å². The van der Waals surface area contributed by atoms with Gasteiger partial charge in [-0.15, -0.1) is 0 Å². The number of rotatable bonds is 6. The molecule has 2 aliphatic rings. The molecule has 0 aromatic heterocycles. The molecule has 1 atom stereocenters. The molecule has 2 heterocycles. The third-order valence-electron chi connectivity index (χ3n) is 6.83. The topological polar surface area (TPSA) is 49.9 Å². The minimum atomic E-state index is -0.462. The van der Waals surface area contributed by atoms with E-state index in [1.165, 1.54) is 4.90 Å². The number of amides is 2. The molecule has 0 spiro atoms. The lowest BCUT2D eigenvalue weighted by molar-refractivity contribution is 0.0607. The van der Waals surface area contributed by atoms with Crippen LogP contribution < -0.4 is 0 Å². The average Bonchev–Trinajstić information content (AvgIpc) is 3.61. The van der Waals surface area contributed by atoms with Gasteiger partial charge in [0.1, 0.15) is 5.60 Å². The van der Waals surface area contributed by atoms with E-state index in [0.717, 1.165) is 28.3 Å². The number of hydrogen-bond acceptors (Lipinski definition) is 3. The first kappa shape index (κ1) is 19.9. The van der Waals surface area contributed by atoms with Crippen LogP contribution in [0.4, 0.5) is 0 Å². The summed E-state index contributed by atoms with van der Waals surface area (Å²) in [5, 5.41) is 1.69. The summed E-state index contributed by atoms with van der Waals surface area (Å²) in [4.78, 5) is 27.7. The molecule has 0 saturated carbocycles. The predicted octanol–water partition coefficient (Wildman–Crippen LogP) is 5.56. The third kappa shape index (κ3) is 3.10. The van der Waals surface area contributed by atoms with E-state index < -0.39 is 5.60 Å². The van der Waals surface area contributed by atoms with Crippen LogP contribution in [-0.2, 0) is 10.3 Å². The summed E-state index contributed by atoms with van der Waals surface area (Å²) in [5.74, 6) is -0.420. The maximum absolute atomic E-state index is 13.1. The maximum atomic E-state index is 13.1. The second-order valence-corrected chi connectivity index (χ2v) is 8.69. The number of carbonyl (C=O) groups excluding carboxylic acids is 2. The Kier molecular flexibility index (Phi) is 4.63. The van der Waals surface area contributed by atoms with Crippen LogP contribution in [0.3, 0.4) is 0 Å². The Hall–Kier alpha value is -3.76. The molecule has 4 nitrogen and oxygen atoms in total. The Morgan fingerprint density at radius 2 is 1.24 bits per heavy atom. The van der Waals surface area contributed by atoms with E-state index in [4.69, 9.17) is 4.74 Å². The molecule has 0 bridgehead atoms. The summed E-state index contributed by atoms with van der Waals surface area (Å²) in [6.07, 6.45) is 1.45. The number of epoxide rings is 1. The number of carbonyl (C=O) groups is 2. The van der Waals surface area contributed by atoms with E-state index in [0.29, 0.717) is 24.1 Å². The monoisotopic (exact) mass is 433 g/mol. The normalized spacial score (nSPS) is 18.5. The van der Waals surface area contributed by atoms with Crippen LogP contribution in [0, 0.1) is 0 Å². The van der Waals surface area contributed by atoms with Crippen molar-refractivity contribution in [3.8, 4) is 0 Å². The van der Waals surface area contributed by atoms with Gasteiger partial charge >= 0.3 is 0 Å². The molecule has 0 N–H and O–H groups in total. The van der Waals surface area contributed by atoms with E-state index in [-0.39, 0.29) is 17.9 Å². The van der Waals surface area contributed by atoms with Crippen molar-refractivity contribution in [1.82, 2.24) is 4.90 Å². The van der Waals surface area contributed by atoms with Gasteiger partial charge in [-0.3, -0.25) is 14.5 Å². The highest BCUT2D eigenvalue weighted by Crippen LogP contribution is 2.53. The highest BCUT2D eigenvalue weighted by atomic mass is 16.6. The fourth-order valence-electron chi connectivity index (χ4n) is 5.22. The molecule has 2 aliphatic heterocycles. The second-order valence-electron chi connectivity index (χ2n) is 8.69. The Labute approximate surface area is 192 Å². The van der Waals surface area contributed by atoms with Crippen molar-refractivity contribution in [2.45, 2.75) is 24.5 Å². The van der Waals surface area contributed by atoms with Gasteiger partial charge in [-0.25, -0.2) is 0 Å². The summed E-state index contributed by atoms with van der Waals surface area (Å²) in [6, 6.07) is 31.8. The first-order valence-electron chi connectivity index (χ1n) is 11.4. The van der Waals surface area contributed by atoms with Crippen LogP contribution in [0.2, 0.25) is 0 Å². The van der Waals surface area contributed by atoms with Crippen molar-refractivity contribution < 1.29 is 14.3 Å². The van der Waals surface area contributed by atoms with Crippen molar-refractivity contribution in [3.63, 3.8) is 0 Å². The molecule has 0 radical (unpaired) electrons. The Bertz CT molecular complexity index is 1270. The first-order chi connectivity index (χ1) is 16.2. The molecule has 1 fully saturated rings. The summed E-state index contributed by atoms with van der Waals surface area (Å²) in [5.41, 5.74) is 3.01. The van der Waals surface area contributed by atoms with Crippen molar-refractivity contribution in [1.29, 1.82) is 0 Å². The molecule has 4 aromatic rings. The highest BCUT2D eigenvalue weighted by Gasteiger charge is 2.58. The van der Waals surface area contributed by atoms with Gasteiger partial charge in [0.25, 0.3) is 11.8 Å². The molecule has 1 saturated heterocycles. The van der Waals surface area contributed by atoms with E-state index in [1.54, 1.807) is 0 Å². The smallest absolute Gasteiger partial charge is 0.261 e. The fraction of sp³-hybridized carbons (Fsp3) is 0.172. The molecule has 33 heavy (non-hydrogen) atoms. The zero-order valence-corrected chi connectivity index (χ0v) is 18.1. The number of hydrogen-bond donors (Lipinski definition) is 0. The van der Waals surface area contributed by atoms with E-state index in [9.17, 15) is 9.59 Å². The van der Waals surface area contributed by atoms with Crippen molar-refractivity contribution in [2.24, 2.45) is 0 Å². The number of benzene rings is 4. The second kappa shape index (κ2) is 7.68. The largest absolute Gasteiger partial charge is 0.356 e. The van der Waals surface area contributed by atoms with E-state index in [1.807, 2.05) is 72.8 Å². The number of nitrogens with zero attached hydrogens (tertiary/aromatic N) is 1. The molecule has 6 rings (SSSR count). The van der Waals surface area contributed by atoms with Crippen LogP contribution in [-0.4, -0.2) is 29.4 Å². The van der Waals surface area contributed by atoms with Gasteiger partial charge in [0.2, 0.25) is 0 Å². The SMILES string of the molecule is O=C1c2cccc3cccc(c23)C(=O)N1CCCC1OC1(c1ccccc1)c1ccccc1. The lowest BCUT2D eigenvalue weighted by Gasteiger charge is -2.27. The van der Waals surface area contributed by atoms with Crippen LogP contribution >= 0.6 is 0 Å². The zero-order valence-electron chi connectivity index (χ0n) is 18.1. The predicted molar refractivity (Wildman–Crippen MR) is 127 cm³/mol. The third-order valence-corrected chi connectivity index (χ3v) is 6.83. The van der Waals surface area contributed by atoms with Gasteiger partial charge in [0.05, 0.1) is 6.10 Å². The Morgan fingerprint density at radius 3 is 1.79 bits per heavy atom. The van der Waals surface area contributed by atoms with Crippen LogP contribution in [0.25, 0.3) is 10.8 Å². The first-order valence-corrected chi connectivity index (χ1v) is 11.4. The standard InChI is InChI=1S/C29H23NO3/c31-27-23-16-7-10-20-11-8-17-24(26(20)23)28(32)30(27)19-9-18-25-29(33-25,21-12-3-1-4-13-21)22-14-5-2-6-15-22/h1-8,10-17,25H,9,18-19H2. The van der Waals surface area contributed by atoms with Gasteiger partial charge in [0.15, 0.2) is 0 Å². The van der Waals surface area contributed by atoms with Gasteiger partial charge in [-0.05, 0) is 41.5 Å². The molecule has 1 unspecified atom stereocenters. The summed E-state index contributed by atoms with van der Waals surface area (Å²) in [6.45, 7) is 0.377. The minimum absolute atomic E-state index is 0.00742. The highest BCUT2D eigenvalue weighted by molar-refractivity contribution is 6.25. The Balaban J connectivity index is 1.21.